The molecule has 2 amide bonds. The van der Waals surface area contributed by atoms with Gasteiger partial charge in [-0.15, -0.1) is 0 Å². The molecule has 0 bridgehead atoms. The zero-order valence-corrected chi connectivity index (χ0v) is 23.7. The molecule has 3 aromatic rings. The molecule has 0 unspecified atom stereocenters. The Hall–Kier alpha value is -4.05. The lowest BCUT2D eigenvalue weighted by atomic mass is 10.1. The zero-order valence-electron chi connectivity index (χ0n) is 22.9. The lowest BCUT2D eigenvalue weighted by Crippen LogP contribution is -2.51. The van der Waals surface area contributed by atoms with Crippen molar-refractivity contribution in [2.24, 2.45) is 0 Å². The SMILES string of the molecule is CC[C@@H](C(=O)NC)N(Cc1ccccc1C)C(=O)CN(c1ccccc1)S(=O)(=O)c1ccc(OC)c(OC)c1. The maximum atomic E-state index is 14.0. The Bertz CT molecular complexity index is 1400. The number of hydrogen-bond donors (Lipinski definition) is 1. The molecule has 1 N–H and O–H groups in total. The Morgan fingerprint density at radius 1 is 0.923 bits per heavy atom. The summed E-state index contributed by atoms with van der Waals surface area (Å²) < 4.78 is 39.6. The summed E-state index contributed by atoms with van der Waals surface area (Å²) in [6.07, 6.45) is 0.352. The fourth-order valence-corrected chi connectivity index (χ4v) is 5.71. The number of amides is 2. The summed E-state index contributed by atoms with van der Waals surface area (Å²) >= 11 is 0. The standard InChI is InChI=1S/C29H35N3O6S/c1-6-25(29(34)30-3)31(19-22-13-11-10-12-21(22)2)28(33)20-32(23-14-8-7-9-15-23)39(35,36)24-16-17-26(37-4)27(18-24)38-5/h7-18,25H,6,19-20H2,1-5H3,(H,30,34)/t25-/m0/s1. The summed E-state index contributed by atoms with van der Waals surface area (Å²) in [5.41, 5.74) is 2.13. The maximum Gasteiger partial charge on any atom is 0.264 e. The van der Waals surface area contributed by atoms with Crippen molar-refractivity contribution in [1.29, 1.82) is 0 Å². The van der Waals surface area contributed by atoms with Gasteiger partial charge in [0.2, 0.25) is 11.8 Å². The summed E-state index contributed by atoms with van der Waals surface area (Å²) in [5, 5.41) is 2.63. The van der Waals surface area contributed by atoms with Gasteiger partial charge in [-0.25, -0.2) is 8.42 Å². The number of nitrogens with one attached hydrogen (secondary N) is 1. The summed E-state index contributed by atoms with van der Waals surface area (Å²) in [7, 11) is 0.159. The molecule has 3 aromatic carbocycles. The molecule has 0 radical (unpaired) electrons. The van der Waals surface area contributed by atoms with Gasteiger partial charge in [-0.1, -0.05) is 49.4 Å². The third-order valence-corrected chi connectivity index (χ3v) is 8.27. The summed E-state index contributed by atoms with van der Waals surface area (Å²) in [4.78, 5) is 28.1. The lowest BCUT2D eigenvalue weighted by Gasteiger charge is -2.33. The molecular weight excluding hydrogens is 518 g/mol. The Labute approximate surface area is 230 Å². The van der Waals surface area contributed by atoms with Gasteiger partial charge >= 0.3 is 0 Å². The number of nitrogens with zero attached hydrogens (tertiary/aromatic N) is 2. The van der Waals surface area contributed by atoms with Gasteiger partial charge in [-0.05, 0) is 48.7 Å². The highest BCUT2D eigenvalue weighted by Crippen LogP contribution is 2.32. The van der Waals surface area contributed by atoms with E-state index in [1.807, 2.05) is 38.1 Å². The molecule has 10 heteroatoms. The van der Waals surface area contributed by atoms with Crippen molar-refractivity contribution in [3.8, 4) is 11.5 Å². The molecular formula is C29H35N3O6S. The van der Waals surface area contributed by atoms with E-state index >= 15 is 0 Å². The predicted octanol–water partition coefficient (Wildman–Crippen LogP) is 3.76. The molecule has 0 aliphatic carbocycles. The monoisotopic (exact) mass is 553 g/mol. The molecule has 0 heterocycles. The van der Waals surface area contributed by atoms with Gasteiger partial charge in [0.15, 0.2) is 11.5 Å². The normalized spacial score (nSPS) is 11.8. The number of para-hydroxylation sites is 1. The topological polar surface area (TPSA) is 105 Å². The average molecular weight is 554 g/mol. The van der Waals surface area contributed by atoms with E-state index < -0.39 is 28.5 Å². The van der Waals surface area contributed by atoms with Crippen LogP contribution in [0.2, 0.25) is 0 Å². The molecule has 208 valence electrons. The van der Waals surface area contributed by atoms with Crippen LogP contribution in [0, 0.1) is 6.92 Å². The van der Waals surface area contributed by atoms with Crippen molar-refractivity contribution in [1.82, 2.24) is 10.2 Å². The molecule has 0 saturated carbocycles. The summed E-state index contributed by atoms with van der Waals surface area (Å²) in [6, 6.07) is 19.4. The minimum absolute atomic E-state index is 0.0689. The van der Waals surface area contributed by atoms with Crippen LogP contribution in [0.5, 0.6) is 11.5 Å². The molecule has 0 spiro atoms. The minimum Gasteiger partial charge on any atom is -0.493 e. The van der Waals surface area contributed by atoms with Gasteiger partial charge in [-0.3, -0.25) is 13.9 Å². The van der Waals surface area contributed by atoms with Crippen molar-refractivity contribution < 1.29 is 27.5 Å². The Kier molecular flexibility index (Phi) is 9.95. The van der Waals surface area contributed by atoms with Crippen LogP contribution < -0.4 is 19.1 Å². The van der Waals surface area contributed by atoms with Crippen molar-refractivity contribution in [3.05, 3.63) is 83.9 Å². The highest BCUT2D eigenvalue weighted by atomic mass is 32.2. The maximum absolute atomic E-state index is 14.0. The molecule has 0 aliphatic heterocycles. The van der Waals surface area contributed by atoms with Crippen LogP contribution in [0.4, 0.5) is 5.69 Å². The first-order chi connectivity index (χ1) is 18.7. The van der Waals surface area contributed by atoms with Crippen LogP contribution >= 0.6 is 0 Å². The number of carbonyl (C=O) groups excluding carboxylic acids is 2. The summed E-state index contributed by atoms with van der Waals surface area (Å²) in [6.45, 7) is 3.38. The molecule has 0 fully saturated rings. The van der Waals surface area contributed by atoms with E-state index in [1.165, 1.54) is 44.4 Å². The second-order valence-electron chi connectivity index (χ2n) is 8.85. The molecule has 0 aliphatic rings. The highest BCUT2D eigenvalue weighted by molar-refractivity contribution is 7.92. The number of methoxy groups -OCH3 is 2. The van der Waals surface area contributed by atoms with Crippen LogP contribution in [0.3, 0.4) is 0 Å². The van der Waals surface area contributed by atoms with E-state index in [2.05, 4.69) is 5.32 Å². The number of sulfonamides is 1. The van der Waals surface area contributed by atoms with Crippen LogP contribution in [-0.2, 0) is 26.2 Å². The van der Waals surface area contributed by atoms with E-state index in [-0.39, 0.29) is 23.1 Å². The van der Waals surface area contributed by atoms with Crippen LogP contribution in [0.25, 0.3) is 0 Å². The third kappa shape index (κ3) is 6.69. The zero-order chi connectivity index (χ0) is 28.6. The van der Waals surface area contributed by atoms with Crippen molar-refractivity contribution >= 4 is 27.5 Å². The fourth-order valence-electron chi connectivity index (χ4n) is 4.28. The van der Waals surface area contributed by atoms with Crippen molar-refractivity contribution in [2.45, 2.75) is 37.8 Å². The van der Waals surface area contributed by atoms with Crippen molar-refractivity contribution in [2.75, 3.05) is 32.1 Å². The van der Waals surface area contributed by atoms with Gasteiger partial charge in [0.25, 0.3) is 10.0 Å². The predicted molar refractivity (Wildman–Crippen MR) is 150 cm³/mol. The Morgan fingerprint density at radius 2 is 1.56 bits per heavy atom. The number of carbonyl (C=O) groups is 2. The largest absolute Gasteiger partial charge is 0.493 e. The number of ether oxygens (including phenoxy) is 2. The molecule has 0 saturated heterocycles. The minimum atomic E-state index is -4.23. The average Bonchev–Trinajstić information content (AvgIpc) is 2.96. The Balaban J connectivity index is 2.08. The van der Waals surface area contributed by atoms with Crippen LogP contribution in [-0.4, -0.2) is 59.0 Å². The first-order valence-corrected chi connectivity index (χ1v) is 14.0. The lowest BCUT2D eigenvalue weighted by molar-refractivity contribution is -0.140. The van der Waals surface area contributed by atoms with Gasteiger partial charge in [-0.2, -0.15) is 0 Å². The first-order valence-electron chi connectivity index (χ1n) is 12.5. The number of rotatable bonds is 12. The second-order valence-corrected chi connectivity index (χ2v) is 10.7. The smallest absolute Gasteiger partial charge is 0.264 e. The van der Waals surface area contributed by atoms with Crippen LogP contribution in [0.1, 0.15) is 24.5 Å². The second kappa shape index (κ2) is 13.1. The first kappa shape index (κ1) is 29.5. The molecule has 9 nitrogen and oxygen atoms in total. The van der Waals surface area contributed by atoms with E-state index in [0.717, 1.165) is 15.4 Å². The molecule has 0 aromatic heterocycles. The van der Waals surface area contributed by atoms with Gasteiger partial charge in [0, 0.05) is 19.7 Å². The van der Waals surface area contributed by atoms with E-state index in [0.29, 0.717) is 17.9 Å². The van der Waals surface area contributed by atoms with Crippen LogP contribution in [0.15, 0.2) is 77.7 Å². The number of likely N-dealkylation sites (N-methyl/N-ethyl adjacent to an activating group) is 1. The number of hydrogen-bond acceptors (Lipinski definition) is 6. The fraction of sp³-hybridized carbons (Fsp3) is 0.310. The van der Waals surface area contributed by atoms with E-state index in [4.69, 9.17) is 9.47 Å². The quantitative estimate of drug-likeness (QED) is 0.366. The van der Waals surface area contributed by atoms with Gasteiger partial charge < -0.3 is 19.7 Å². The number of aryl methyl sites for hydroxylation is 1. The Morgan fingerprint density at radius 3 is 2.15 bits per heavy atom. The van der Waals surface area contributed by atoms with Crippen molar-refractivity contribution in [3.63, 3.8) is 0 Å². The highest BCUT2D eigenvalue weighted by Gasteiger charge is 2.34. The number of anilines is 1. The number of benzene rings is 3. The van der Waals surface area contributed by atoms with Gasteiger partial charge in [0.05, 0.1) is 24.8 Å². The molecule has 3 rings (SSSR count). The van der Waals surface area contributed by atoms with E-state index in [9.17, 15) is 18.0 Å². The summed E-state index contributed by atoms with van der Waals surface area (Å²) in [5.74, 6) is -0.223. The molecule has 39 heavy (non-hydrogen) atoms. The molecule has 1 atom stereocenters. The van der Waals surface area contributed by atoms with E-state index in [1.54, 1.807) is 30.3 Å². The third-order valence-electron chi connectivity index (χ3n) is 6.50. The van der Waals surface area contributed by atoms with Gasteiger partial charge in [0.1, 0.15) is 12.6 Å².